The third kappa shape index (κ3) is 5.94. The quantitative estimate of drug-likeness (QED) is 0.429. The summed E-state index contributed by atoms with van der Waals surface area (Å²) in [7, 11) is -2.72. The van der Waals surface area contributed by atoms with Crippen molar-refractivity contribution in [2.45, 2.75) is 109 Å². The fourth-order valence-corrected chi connectivity index (χ4v) is 5.68. The topological polar surface area (TPSA) is 86.3 Å². The number of esters is 1. The lowest BCUT2D eigenvalue weighted by Gasteiger charge is -2.40. The van der Waals surface area contributed by atoms with Gasteiger partial charge in [-0.1, -0.05) is 41.5 Å². The van der Waals surface area contributed by atoms with E-state index >= 15 is 0 Å². The first kappa shape index (κ1) is 27.3. The van der Waals surface area contributed by atoms with Crippen molar-refractivity contribution < 1.29 is 27.9 Å². The van der Waals surface area contributed by atoms with Gasteiger partial charge in [0.1, 0.15) is 18.4 Å². The van der Waals surface area contributed by atoms with Crippen LogP contribution in [0.2, 0.25) is 36.3 Å². The molecule has 10 heteroatoms. The summed E-state index contributed by atoms with van der Waals surface area (Å²) in [6.45, 7) is 22.8. The summed E-state index contributed by atoms with van der Waals surface area (Å²) in [6.07, 6.45) is -0.351. The Morgan fingerprint density at radius 3 is 2.16 bits per heavy atom. The molecule has 0 aromatic carbocycles. The molecule has 0 spiro atoms. The van der Waals surface area contributed by atoms with Crippen LogP contribution in [-0.4, -0.2) is 78.3 Å². The molecule has 2 aliphatic rings. The maximum atomic E-state index is 12.6. The van der Waals surface area contributed by atoms with Crippen molar-refractivity contribution in [3.63, 3.8) is 0 Å². The molecular weight excluding hydrogens is 444 g/mol. The molecule has 0 radical (unpaired) electrons. The molecule has 8 nitrogen and oxygen atoms in total. The maximum absolute atomic E-state index is 12.6. The smallest absolute Gasteiger partial charge is 0.330 e. The monoisotopic (exact) mass is 488 g/mol. The summed E-state index contributed by atoms with van der Waals surface area (Å²) in [4.78, 5) is 26.1. The molecule has 1 N–H and O–H groups in total. The van der Waals surface area contributed by atoms with E-state index in [1.807, 2.05) is 0 Å². The van der Waals surface area contributed by atoms with Crippen molar-refractivity contribution in [3.05, 3.63) is 0 Å². The van der Waals surface area contributed by atoms with Gasteiger partial charge in [-0.25, -0.2) is 9.59 Å². The molecule has 2 saturated heterocycles. The minimum absolute atomic E-state index is 0.0525. The summed E-state index contributed by atoms with van der Waals surface area (Å²) in [5, 5.41) is 2.82. The van der Waals surface area contributed by atoms with E-state index in [9.17, 15) is 9.59 Å². The number of hydrogen-bond acceptors (Lipinski definition) is 6. The van der Waals surface area contributed by atoms with Gasteiger partial charge in [0.2, 0.25) is 0 Å². The zero-order valence-electron chi connectivity index (χ0n) is 21.8. The van der Waals surface area contributed by atoms with Gasteiger partial charge in [0, 0.05) is 6.42 Å². The second-order valence-corrected chi connectivity index (χ2v) is 21.6. The standard InChI is InChI=1S/C22H44N2O6Si2/c1-21(2,3)31(8,9)28-14-17-16(30-32(10,11)22(4,5)6)12-18(29-17)24-13-15(19(25)27-7)23-20(24)26/h15-18H,12-14H2,1-11H3,(H,23,26)/t15?,16-,17+,18+/m0/s1. The highest BCUT2D eigenvalue weighted by Crippen LogP contribution is 2.41. The van der Waals surface area contributed by atoms with Crippen LogP contribution in [0.25, 0.3) is 0 Å². The maximum Gasteiger partial charge on any atom is 0.330 e. The van der Waals surface area contributed by atoms with Gasteiger partial charge in [-0.2, -0.15) is 0 Å². The second kappa shape index (κ2) is 9.36. The van der Waals surface area contributed by atoms with Gasteiger partial charge in [-0.15, -0.1) is 0 Å². The van der Waals surface area contributed by atoms with Crippen molar-refractivity contribution in [1.82, 2.24) is 10.2 Å². The van der Waals surface area contributed by atoms with Crippen molar-refractivity contribution in [1.29, 1.82) is 0 Å². The molecule has 2 amide bonds. The SMILES string of the molecule is COC(=O)C1CN([C@H]2C[C@H](O[Si](C)(C)C(C)(C)C)[C@@H](CO[Si](C)(C)C(C)(C)C)O2)C(=O)N1. The molecular formula is C22H44N2O6Si2. The van der Waals surface area contributed by atoms with Gasteiger partial charge in [0.05, 0.1) is 26.4 Å². The fourth-order valence-electron chi connectivity index (χ4n) is 3.31. The first-order chi connectivity index (χ1) is 14.4. The van der Waals surface area contributed by atoms with Gasteiger partial charge < -0.3 is 23.6 Å². The number of amides is 2. The Labute approximate surface area is 195 Å². The Morgan fingerprint density at radius 2 is 1.66 bits per heavy atom. The van der Waals surface area contributed by atoms with E-state index in [1.54, 1.807) is 4.90 Å². The largest absolute Gasteiger partial charge is 0.467 e. The van der Waals surface area contributed by atoms with Crippen LogP contribution in [0.1, 0.15) is 48.0 Å². The predicted molar refractivity (Wildman–Crippen MR) is 130 cm³/mol. The number of methoxy groups -OCH3 is 1. The Hall–Kier alpha value is -0.946. The summed E-state index contributed by atoms with van der Waals surface area (Å²) < 4.78 is 24.4. The van der Waals surface area contributed by atoms with Crippen molar-refractivity contribution >= 4 is 28.6 Å². The highest BCUT2D eigenvalue weighted by atomic mass is 28.4. The number of ether oxygens (including phenoxy) is 2. The van der Waals surface area contributed by atoms with Crippen LogP contribution in [0.5, 0.6) is 0 Å². The number of carbonyl (C=O) groups is 2. The van der Waals surface area contributed by atoms with Crippen LogP contribution in [0.3, 0.4) is 0 Å². The number of nitrogens with zero attached hydrogens (tertiary/aromatic N) is 1. The summed E-state index contributed by atoms with van der Waals surface area (Å²) in [5.74, 6) is -0.453. The van der Waals surface area contributed by atoms with E-state index < -0.39 is 34.9 Å². The van der Waals surface area contributed by atoms with Gasteiger partial charge in [-0.05, 0) is 36.3 Å². The highest BCUT2D eigenvalue weighted by Gasteiger charge is 2.49. The minimum Gasteiger partial charge on any atom is -0.467 e. The van der Waals surface area contributed by atoms with Crippen molar-refractivity contribution in [2.24, 2.45) is 0 Å². The first-order valence-corrected chi connectivity index (χ1v) is 17.3. The molecule has 0 saturated carbocycles. The number of rotatable bonds is 7. The van der Waals surface area contributed by atoms with Crippen molar-refractivity contribution in [2.75, 3.05) is 20.3 Å². The van der Waals surface area contributed by atoms with Gasteiger partial charge in [0.25, 0.3) is 0 Å². The molecule has 32 heavy (non-hydrogen) atoms. The molecule has 2 aliphatic heterocycles. The Morgan fingerprint density at radius 1 is 1.09 bits per heavy atom. The van der Waals surface area contributed by atoms with E-state index in [1.165, 1.54) is 7.11 Å². The molecule has 0 aromatic heterocycles. The Bertz CT molecular complexity index is 702. The molecule has 2 heterocycles. The molecule has 2 fully saturated rings. The zero-order chi connectivity index (χ0) is 24.7. The molecule has 2 rings (SSSR count). The lowest BCUT2D eigenvalue weighted by Crippen LogP contribution is -2.48. The molecule has 0 aliphatic carbocycles. The van der Waals surface area contributed by atoms with E-state index in [0.29, 0.717) is 13.0 Å². The van der Waals surface area contributed by atoms with Gasteiger partial charge in [-0.3, -0.25) is 4.90 Å². The van der Waals surface area contributed by atoms with Crippen LogP contribution in [0.15, 0.2) is 0 Å². The third-order valence-electron chi connectivity index (χ3n) is 7.62. The number of hydrogen-bond donors (Lipinski definition) is 1. The normalized spacial score (nSPS) is 27.6. The molecule has 186 valence electrons. The lowest BCUT2D eigenvalue weighted by molar-refractivity contribution is -0.142. The summed E-state index contributed by atoms with van der Waals surface area (Å²) in [6, 6.07) is -0.999. The van der Waals surface area contributed by atoms with Crippen LogP contribution >= 0.6 is 0 Å². The first-order valence-electron chi connectivity index (χ1n) is 11.5. The average molecular weight is 489 g/mol. The number of carbonyl (C=O) groups excluding carboxylic acids is 2. The van der Waals surface area contributed by atoms with Crippen LogP contribution in [-0.2, 0) is 23.1 Å². The highest BCUT2D eigenvalue weighted by molar-refractivity contribution is 6.74. The lowest BCUT2D eigenvalue weighted by atomic mass is 10.2. The van der Waals surface area contributed by atoms with E-state index in [2.05, 4.69) is 73.0 Å². The third-order valence-corrected chi connectivity index (χ3v) is 16.6. The van der Waals surface area contributed by atoms with Gasteiger partial charge >= 0.3 is 12.0 Å². The van der Waals surface area contributed by atoms with Crippen LogP contribution < -0.4 is 5.32 Å². The molecule has 0 aromatic rings. The van der Waals surface area contributed by atoms with Crippen LogP contribution in [0, 0.1) is 0 Å². The fraction of sp³-hybridized carbons (Fsp3) is 0.909. The average Bonchev–Trinajstić information content (AvgIpc) is 3.20. The van der Waals surface area contributed by atoms with E-state index in [4.69, 9.17) is 18.3 Å². The predicted octanol–water partition coefficient (Wildman–Crippen LogP) is 4.08. The Balaban J connectivity index is 2.19. The Kier molecular flexibility index (Phi) is 7.99. The molecule has 0 bridgehead atoms. The zero-order valence-corrected chi connectivity index (χ0v) is 23.8. The van der Waals surface area contributed by atoms with E-state index in [0.717, 1.165) is 0 Å². The number of nitrogens with one attached hydrogen (secondary N) is 1. The minimum atomic E-state index is -2.06. The van der Waals surface area contributed by atoms with Crippen molar-refractivity contribution in [3.8, 4) is 0 Å². The van der Waals surface area contributed by atoms with Crippen LogP contribution in [0.4, 0.5) is 4.79 Å². The second-order valence-electron chi connectivity index (χ2n) is 12.0. The van der Waals surface area contributed by atoms with E-state index in [-0.39, 0.29) is 34.9 Å². The van der Waals surface area contributed by atoms with Gasteiger partial charge in [0.15, 0.2) is 16.6 Å². The number of urea groups is 1. The summed E-state index contributed by atoms with van der Waals surface area (Å²) in [5.41, 5.74) is 0. The molecule has 4 atom stereocenters. The summed E-state index contributed by atoms with van der Waals surface area (Å²) >= 11 is 0. The molecule has 1 unspecified atom stereocenters.